The normalized spacial score (nSPS) is 9.88. The van der Waals surface area contributed by atoms with E-state index in [-0.39, 0.29) is 0 Å². The van der Waals surface area contributed by atoms with Crippen molar-refractivity contribution in [3.05, 3.63) is 18.0 Å². The fraction of sp³-hybridized carbons (Fsp3) is 0.500. The van der Waals surface area contributed by atoms with Crippen LogP contribution in [0.2, 0.25) is 0 Å². The average Bonchev–Trinajstić information content (AvgIpc) is 1.98. The molecule has 0 radical (unpaired) electrons. The zero-order chi connectivity index (χ0) is 6.15. The molecule has 1 rings (SSSR count). The van der Waals surface area contributed by atoms with Crippen molar-refractivity contribution >= 4 is 0 Å². The zero-order valence-electron chi connectivity index (χ0n) is 5.55. The van der Waals surface area contributed by atoms with Gasteiger partial charge in [0, 0.05) is 6.07 Å². The molecule has 1 aromatic heterocycles. The molecule has 0 bridgehead atoms. The number of hydrogen-bond acceptors (Lipinski definition) is 0. The minimum atomic E-state index is 1.28. The van der Waals surface area contributed by atoms with E-state index in [4.69, 9.17) is 0 Å². The van der Waals surface area contributed by atoms with Gasteiger partial charge in [0.15, 0.2) is 13.2 Å². The van der Waals surface area contributed by atoms with Crippen LogP contribution < -0.4 is 4.68 Å². The fourth-order valence-corrected chi connectivity index (χ4v) is 0.672. The Morgan fingerprint density at radius 2 is 2.25 bits per heavy atom. The van der Waals surface area contributed by atoms with Crippen molar-refractivity contribution in [3.63, 3.8) is 0 Å². The summed E-state index contributed by atoms with van der Waals surface area (Å²) < 4.78 is 4.12. The van der Waals surface area contributed by atoms with Gasteiger partial charge in [-0.2, -0.15) is 4.68 Å². The summed E-state index contributed by atoms with van der Waals surface area (Å²) in [6.07, 6.45) is 2.04. The number of hydrogen-bond donors (Lipinski definition) is 0. The van der Waals surface area contributed by atoms with E-state index in [1.807, 2.05) is 25.0 Å². The summed E-state index contributed by atoms with van der Waals surface area (Å²) in [5.74, 6) is 0. The molecule has 0 atom stereocenters. The second kappa shape index (κ2) is 1.62. The lowest BCUT2D eigenvalue weighted by atomic mass is 10.5. The van der Waals surface area contributed by atoms with E-state index in [1.54, 1.807) is 0 Å². The summed E-state index contributed by atoms with van der Waals surface area (Å²) in [7, 11) is 4.06. The number of rotatable bonds is 0. The van der Waals surface area contributed by atoms with Crippen LogP contribution in [-0.2, 0) is 14.1 Å². The predicted octanol–water partition coefficient (Wildman–Crippen LogP) is 0.158. The average molecular weight is 111 g/mol. The predicted molar refractivity (Wildman–Crippen MR) is 31.3 cm³/mol. The third kappa shape index (κ3) is 0.619. The summed E-state index contributed by atoms with van der Waals surface area (Å²) in [6.45, 7) is 2.08. The van der Waals surface area contributed by atoms with Crippen molar-refractivity contribution in [1.29, 1.82) is 0 Å². The van der Waals surface area contributed by atoms with Gasteiger partial charge in [-0.15, -0.1) is 4.68 Å². The number of aromatic nitrogens is 2. The Morgan fingerprint density at radius 1 is 1.62 bits per heavy atom. The van der Waals surface area contributed by atoms with E-state index in [9.17, 15) is 0 Å². The summed E-state index contributed by atoms with van der Waals surface area (Å²) >= 11 is 0. The molecule has 0 amide bonds. The van der Waals surface area contributed by atoms with Gasteiger partial charge in [-0.1, -0.05) is 0 Å². The molecule has 8 heavy (non-hydrogen) atoms. The van der Waals surface area contributed by atoms with Gasteiger partial charge in [-0.25, -0.2) is 0 Å². The zero-order valence-corrected chi connectivity index (χ0v) is 5.55. The van der Waals surface area contributed by atoms with Crippen LogP contribution in [0.1, 0.15) is 5.69 Å². The molecule has 0 saturated heterocycles. The third-order valence-electron chi connectivity index (χ3n) is 1.52. The summed E-state index contributed by atoms with van der Waals surface area (Å²) in [5, 5.41) is 0. The first-order valence-electron chi connectivity index (χ1n) is 2.70. The highest BCUT2D eigenvalue weighted by Gasteiger charge is 1.98. The summed E-state index contributed by atoms with van der Waals surface area (Å²) in [6, 6.07) is 2.08. The van der Waals surface area contributed by atoms with Crippen molar-refractivity contribution in [1.82, 2.24) is 4.68 Å². The van der Waals surface area contributed by atoms with Crippen LogP contribution in [0.15, 0.2) is 12.3 Å². The highest BCUT2D eigenvalue weighted by atomic mass is 15.4. The first-order valence-corrected chi connectivity index (χ1v) is 2.70. The minimum absolute atomic E-state index is 1.28. The van der Waals surface area contributed by atoms with Crippen LogP contribution in [0.5, 0.6) is 0 Å². The standard InChI is InChI=1S/C6H11N2/c1-6-4-5-7(2)8(6)3/h4-5H,1-3H3/q+1. The molecule has 0 aliphatic carbocycles. The molecule has 0 spiro atoms. The quantitative estimate of drug-likeness (QED) is 0.422. The molecule has 0 aromatic carbocycles. The maximum absolute atomic E-state index is 2.08. The van der Waals surface area contributed by atoms with Crippen molar-refractivity contribution < 1.29 is 4.68 Å². The van der Waals surface area contributed by atoms with Crippen LogP contribution in [0.3, 0.4) is 0 Å². The molecule has 0 saturated carbocycles. The first-order chi connectivity index (χ1) is 3.72. The largest absolute Gasteiger partial charge is 0.195 e. The van der Waals surface area contributed by atoms with Gasteiger partial charge in [0.05, 0.1) is 12.7 Å². The molecule has 0 unspecified atom stereocenters. The lowest BCUT2D eigenvalue weighted by Gasteiger charge is -1.88. The molecular weight excluding hydrogens is 100 g/mol. The Morgan fingerprint density at radius 3 is 2.38 bits per heavy atom. The molecule has 0 fully saturated rings. The lowest BCUT2D eigenvalue weighted by Crippen LogP contribution is -2.36. The van der Waals surface area contributed by atoms with Crippen molar-refractivity contribution in [2.75, 3.05) is 0 Å². The van der Waals surface area contributed by atoms with Crippen LogP contribution in [-0.4, -0.2) is 4.68 Å². The smallest absolute Gasteiger partial charge is 0.161 e. The molecule has 1 heterocycles. The molecule has 44 valence electrons. The lowest BCUT2D eigenvalue weighted by molar-refractivity contribution is -0.751. The summed E-state index contributed by atoms with van der Waals surface area (Å²) in [4.78, 5) is 0. The number of aryl methyl sites for hydroxylation is 2. The Kier molecular flexibility index (Phi) is 1.08. The van der Waals surface area contributed by atoms with Crippen LogP contribution in [0, 0.1) is 6.92 Å². The monoisotopic (exact) mass is 111 g/mol. The molecular formula is C6H11N2+. The summed E-state index contributed by atoms with van der Waals surface area (Å²) in [5.41, 5.74) is 1.28. The Bertz CT molecular complexity index is 169. The molecule has 1 aromatic rings. The van der Waals surface area contributed by atoms with E-state index in [2.05, 4.69) is 17.7 Å². The van der Waals surface area contributed by atoms with Gasteiger partial charge in [0.2, 0.25) is 0 Å². The van der Waals surface area contributed by atoms with Gasteiger partial charge < -0.3 is 0 Å². The topological polar surface area (TPSA) is 8.81 Å². The second-order valence-corrected chi connectivity index (χ2v) is 2.05. The van der Waals surface area contributed by atoms with Crippen LogP contribution in [0.25, 0.3) is 0 Å². The fourth-order valence-electron chi connectivity index (χ4n) is 0.672. The highest BCUT2D eigenvalue weighted by molar-refractivity contribution is 4.91. The molecule has 0 aliphatic heterocycles. The SMILES string of the molecule is Cc1cc[n+](C)n1C. The third-order valence-corrected chi connectivity index (χ3v) is 1.52. The molecule has 2 heteroatoms. The molecule has 2 nitrogen and oxygen atoms in total. The van der Waals surface area contributed by atoms with Gasteiger partial charge in [-0.3, -0.25) is 0 Å². The Hall–Kier alpha value is -0.790. The van der Waals surface area contributed by atoms with E-state index in [0.717, 1.165) is 0 Å². The Balaban J connectivity index is 3.19. The maximum Gasteiger partial charge on any atom is 0.195 e. The van der Waals surface area contributed by atoms with Crippen LogP contribution >= 0.6 is 0 Å². The van der Waals surface area contributed by atoms with Crippen LogP contribution in [0.4, 0.5) is 0 Å². The van der Waals surface area contributed by atoms with E-state index < -0.39 is 0 Å². The van der Waals surface area contributed by atoms with Crippen molar-refractivity contribution in [2.24, 2.45) is 14.1 Å². The van der Waals surface area contributed by atoms with E-state index >= 15 is 0 Å². The van der Waals surface area contributed by atoms with E-state index in [1.165, 1.54) is 5.69 Å². The van der Waals surface area contributed by atoms with Gasteiger partial charge in [0.25, 0.3) is 0 Å². The van der Waals surface area contributed by atoms with E-state index in [0.29, 0.717) is 0 Å². The van der Waals surface area contributed by atoms with Crippen molar-refractivity contribution in [3.8, 4) is 0 Å². The van der Waals surface area contributed by atoms with Crippen molar-refractivity contribution in [2.45, 2.75) is 6.92 Å². The van der Waals surface area contributed by atoms with Gasteiger partial charge in [0.1, 0.15) is 0 Å². The van der Waals surface area contributed by atoms with Gasteiger partial charge in [-0.05, 0) is 6.92 Å². The Labute approximate surface area is 49.3 Å². The minimum Gasteiger partial charge on any atom is -0.161 e. The first kappa shape index (κ1) is 5.35. The second-order valence-electron chi connectivity index (χ2n) is 2.05. The molecule has 0 aliphatic rings. The maximum atomic E-state index is 2.08. The number of nitrogens with zero attached hydrogens (tertiary/aromatic N) is 2. The highest BCUT2D eigenvalue weighted by Crippen LogP contribution is 1.86. The molecule has 0 N–H and O–H groups in total. The van der Waals surface area contributed by atoms with Gasteiger partial charge >= 0.3 is 0 Å².